The van der Waals surface area contributed by atoms with Crippen LogP contribution in [-0.2, 0) is 19.2 Å². The summed E-state index contributed by atoms with van der Waals surface area (Å²) in [4.78, 5) is 46.4. The highest BCUT2D eigenvalue weighted by molar-refractivity contribution is 7.99. The molecular formula is C17H23N3O6S. The Labute approximate surface area is 160 Å². The van der Waals surface area contributed by atoms with Crippen molar-refractivity contribution in [2.45, 2.75) is 36.7 Å². The van der Waals surface area contributed by atoms with E-state index in [4.69, 9.17) is 15.9 Å². The Balaban J connectivity index is 2.67. The van der Waals surface area contributed by atoms with Crippen molar-refractivity contribution in [1.29, 1.82) is 0 Å². The standard InChI is InChI=1S/C17H23N3O6S/c1-10-2-4-11(5-3-10)27-9-13(16(24)19-8-15(22)23)20-14(21)7-6-12(18)17(25)26/h2-5,12-13H,6-9,18H2,1H3,(H,19,24)(H,20,21)(H,22,23)(H,25,26)/t12-,13-/m0/s1. The van der Waals surface area contributed by atoms with Gasteiger partial charge in [-0.3, -0.25) is 19.2 Å². The van der Waals surface area contributed by atoms with E-state index in [0.717, 1.165) is 10.5 Å². The van der Waals surface area contributed by atoms with Crippen LogP contribution in [0.4, 0.5) is 0 Å². The summed E-state index contributed by atoms with van der Waals surface area (Å²) in [6.45, 7) is 1.38. The lowest BCUT2D eigenvalue weighted by molar-refractivity contribution is -0.139. The van der Waals surface area contributed by atoms with Gasteiger partial charge in [0.25, 0.3) is 0 Å². The van der Waals surface area contributed by atoms with Gasteiger partial charge in [-0.2, -0.15) is 0 Å². The van der Waals surface area contributed by atoms with E-state index >= 15 is 0 Å². The molecule has 0 spiro atoms. The SMILES string of the molecule is Cc1ccc(SC[C@H](NC(=O)CC[C@H](N)C(=O)O)C(=O)NCC(=O)O)cc1. The van der Waals surface area contributed by atoms with Crippen molar-refractivity contribution < 1.29 is 29.4 Å². The second kappa shape index (κ2) is 11.2. The van der Waals surface area contributed by atoms with Gasteiger partial charge in [-0.15, -0.1) is 11.8 Å². The summed E-state index contributed by atoms with van der Waals surface area (Å²) >= 11 is 1.33. The van der Waals surface area contributed by atoms with Gasteiger partial charge < -0.3 is 26.6 Å². The topological polar surface area (TPSA) is 159 Å². The minimum absolute atomic E-state index is 0.0737. The Bertz CT molecular complexity index is 680. The van der Waals surface area contributed by atoms with Crippen LogP contribution in [0.25, 0.3) is 0 Å². The average Bonchev–Trinajstić information content (AvgIpc) is 2.62. The number of hydrogen-bond donors (Lipinski definition) is 5. The van der Waals surface area contributed by atoms with E-state index in [1.165, 1.54) is 11.8 Å². The van der Waals surface area contributed by atoms with Gasteiger partial charge in [-0.1, -0.05) is 17.7 Å². The van der Waals surface area contributed by atoms with E-state index in [9.17, 15) is 19.2 Å². The van der Waals surface area contributed by atoms with Gasteiger partial charge in [-0.05, 0) is 25.5 Å². The van der Waals surface area contributed by atoms with Crippen molar-refractivity contribution in [1.82, 2.24) is 10.6 Å². The van der Waals surface area contributed by atoms with E-state index in [1.54, 1.807) is 0 Å². The van der Waals surface area contributed by atoms with E-state index in [0.29, 0.717) is 0 Å². The summed E-state index contributed by atoms with van der Waals surface area (Å²) in [7, 11) is 0. The molecule has 1 rings (SSSR count). The first-order valence-corrected chi connectivity index (χ1v) is 9.14. The molecule has 148 valence electrons. The maximum Gasteiger partial charge on any atom is 0.322 e. The number of thioether (sulfide) groups is 1. The summed E-state index contributed by atoms with van der Waals surface area (Å²) in [5.41, 5.74) is 6.44. The number of nitrogens with one attached hydrogen (secondary N) is 2. The zero-order valence-electron chi connectivity index (χ0n) is 14.8. The molecule has 0 bridgehead atoms. The van der Waals surface area contributed by atoms with Crippen LogP contribution in [-0.4, -0.2) is 58.3 Å². The van der Waals surface area contributed by atoms with Crippen molar-refractivity contribution in [3.8, 4) is 0 Å². The molecule has 2 amide bonds. The van der Waals surface area contributed by atoms with Crippen LogP contribution < -0.4 is 16.4 Å². The number of rotatable bonds is 11. The molecular weight excluding hydrogens is 374 g/mol. The number of amides is 2. The number of carboxylic acid groups (broad SMARTS) is 2. The molecule has 1 aromatic rings. The smallest absolute Gasteiger partial charge is 0.322 e. The third-order valence-corrected chi connectivity index (χ3v) is 4.61. The van der Waals surface area contributed by atoms with Crippen LogP contribution >= 0.6 is 11.8 Å². The zero-order chi connectivity index (χ0) is 20.4. The van der Waals surface area contributed by atoms with Crippen molar-refractivity contribution in [2.24, 2.45) is 5.73 Å². The largest absolute Gasteiger partial charge is 0.480 e. The Morgan fingerprint density at radius 1 is 1.15 bits per heavy atom. The van der Waals surface area contributed by atoms with Crippen molar-refractivity contribution >= 4 is 35.5 Å². The summed E-state index contributed by atoms with van der Waals surface area (Å²) < 4.78 is 0. The quantitative estimate of drug-likeness (QED) is 0.325. The Hall–Kier alpha value is -2.59. The molecule has 0 aliphatic rings. The van der Waals surface area contributed by atoms with Gasteiger partial charge >= 0.3 is 11.9 Å². The fourth-order valence-electron chi connectivity index (χ4n) is 1.96. The minimum atomic E-state index is -1.21. The average molecular weight is 397 g/mol. The van der Waals surface area contributed by atoms with Crippen LogP contribution in [0.2, 0.25) is 0 Å². The number of hydrogen-bond acceptors (Lipinski definition) is 6. The highest BCUT2D eigenvalue weighted by atomic mass is 32.2. The zero-order valence-corrected chi connectivity index (χ0v) is 15.6. The summed E-state index contributed by atoms with van der Waals surface area (Å²) in [6, 6.07) is 5.43. The molecule has 10 heteroatoms. The lowest BCUT2D eigenvalue weighted by Crippen LogP contribution is -2.49. The number of aliphatic carboxylic acids is 2. The number of benzene rings is 1. The highest BCUT2D eigenvalue weighted by Gasteiger charge is 2.22. The van der Waals surface area contributed by atoms with Crippen LogP contribution in [0, 0.1) is 6.92 Å². The van der Waals surface area contributed by atoms with Crippen molar-refractivity contribution in [2.75, 3.05) is 12.3 Å². The van der Waals surface area contributed by atoms with Gasteiger partial charge in [0.2, 0.25) is 11.8 Å². The summed E-state index contributed by atoms with van der Waals surface area (Å²) in [5.74, 6) is -3.40. The first kappa shape index (κ1) is 22.5. The third kappa shape index (κ3) is 9.06. The molecule has 2 atom stereocenters. The molecule has 1 aromatic carbocycles. The van der Waals surface area contributed by atoms with E-state index < -0.39 is 42.4 Å². The van der Waals surface area contributed by atoms with Crippen LogP contribution in [0.1, 0.15) is 18.4 Å². The fourth-order valence-corrected chi connectivity index (χ4v) is 2.88. The molecule has 0 aliphatic heterocycles. The van der Waals surface area contributed by atoms with Crippen molar-refractivity contribution in [3.63, 3.8) is 0 Å². The summed E-state index contributed by atoms with van der Waals surface area (Å²) in [5, 5.41) is 22.2. The molecule has 0 heterocycles. The first-order chi connectivity index (χ1) is 12.7. The van der Waals surface area contributed by atoms with Gasteiger partial charge in [0, 0.05) is 17.1 Å². The maximum atomic E-state index is 12.2. The molecule has 0 saturated heterocycles. The molecule has 27 heavy (non-hydrogen) atoms. The normalized spacial score (nSPS) is 12.7. The fraction of sp³-hybridized carbons (Fsp3) is 0.412. The first-order valence-electron chi connectivity index (χ1n) is 8.15. The monoisotopic (exact) mass is 397 g/mol. The molecule has 6 N–H and O–H groups in total. The molecule has 0 radical (unpaired) electrons. The van der Waals surface area contributed by atoms with Crippen LogP contribution in [0.15, 0.2) is 29.2 Å². The molecule has 0 saturated carbocycles. The predicted molar refractivity (Wildman–Crippen MR) is 99.3 cm³/mol. The number of carbonyl (C=O) groups is 4. The lowest BCUT2D eigenvalue weighted by Gasteiger charge is -2.18. The molecule has 0 unspecified atom stereocenters. The molecule has 0 aliphatic carbocycles. The van der Waals surface area contributed by atoms with Gasteiger partial charge in [-0.25, -0.2) is 0 Å². The van der Waals surface area contributed by atoms with E-state index in [2.05, 4.69) is 10.6 Å². The van der Waals surface area contributed by atoms with Gasteiger partial charge in [0.05, 0.1) is 0 Å². The van der Waals surface area contributed by atoms with Gasteiger partial charge in [0.15, 0.2) is 0 Å². The summed E-state index contributed by atoms with van der Waals surface area (Å²) in [6.07, 6.45) is -0.235. The Morgan fingerprint density at radius 3 is 2.33 bits per heavy atom. The number of carboxylic acids is 2. The highest BCUT2D eigenvalue weighted by Crippen LogP contribution is 2.19. The number of carbonyl (C=O) groups excluding carboxylic acids is 2. The van der Waals surface area contributed by atoms with Crippen LogP contribution in [0.5, 0.6) is 0 Å². The van der Waals surface area contributed by atoms with E-state index in [1.807, 2.05) is 31.2 Å². The number of nitrogens with two attached hydrogens (primary N) is 1. The molecule has 9 nitrogen and oxygen atoms in total. The van der Waals surface area contributed by atoms with Gasteiger partial charge in [0.1, 0.15) is 18.6 Å². The second-order valence-electron chi connectivity index (χ2n) is 5.84. The lowest BCUT2D eigenvalue weighted by atomic mass is 10.1. The Morgan fingerprint density at radius 2 is 1.78 bits per heavy atom. The molecule has 0 aromatic heterocycles. The second-order valence-corrected chi connectivity index (χ2v) is 6.93. The Kier molecular flexibility index (Phi) is 9.31. The van der Waals surface area contributed by atoms with Crippen molar-refractivity contribution in [3.05, 3.63) is 29.8 Å². The maximum absolute atomic E-state index is 12.2. The van der Waals surface area contributed by atoms with E-state index in [-0.39, 0.29) is 18.6 Å². The predicted octanol–water partition coefficient (Wildman–Crippen LogP) is -0.0352. The van der Waals surface area contributed by atoms with Crippen LogP contribution in [0.3, 0.4) is 0 Å². The number of aryl methyl sites for hydroxylation is 1. The minimum Gasteiger partial charge on any atom is -0.480 e. The third-order valence-electron chi connectivity index (χ3n) is 3.50. The molecule has 0 fully saturated rings.